The third kappa shape index (κ3) is 3.71. The number of carbonyl (C=O) groups is 1. The Balaban J connectivity index is 1.54. The van der Waals surface area contributed by atoms with Gasteiger partial charge in [0.1, 0.15) is 23.7 Å². The number of benzene rings is 2. The molecular weight excluding hydrogens is 374 g/mol. The van der Waals surface area contributed by atoms with Gasteiger partial charge in [0, 0.05) is 11.5 Å². The van der Waals surface area contributed by atoms with Gasteiger partial charge in [-0.05, 0) is 40.2 Å². The molecule has 0 radical (unpaired) electrons. The lowest BCUT2D eigenvalue weighted by atomic mass is 10.2. The van der Waals surface area contributed by atoms with Gasteiger partial charge in [0.05, 0.1) is 18.1 Å². The zero-order chi connectivity index (χ0) is 16.9. The number of halogens is 1. The van der Waals surface area contributed by atoms with Crippen LogP contribution in [0.4, 0.5) is 0 Å². The Kier molecular flexibility index (Phi) is 5.05. The summed E-state index contributed by atoms with van der Waals surface area (Å²) in [7, 11) is 1.60. The number of para-hydroxylation sites is 1. The van der Waals surface area contributed by atoms with Crippen molar-refractivity contribution in [1.29, 1.82) is 0 Å². The van der Waals surface area contributed by atoms with Crippen LogP contribution in [0.15, 0.2) is 57.4 Å². The summed E-state index contributed by atoms with van der Waals surface area (Å²) in [5.41, 5.74) is 0.662. The van der Waals surface area contributed by atoms with E-state index in [0.717, 1.165) is 15.6 Å². The fourth-order valence-electron chi connectivity index (χ4n) is 2.25. The first-order valence-electron chi connectivity index (χ1n) is 7.40. The molecule has 2 aromatic carbocycles. The number of hydrogen-bond donors (Lipinski definition) is 1. The summed E-state index contributed by atoms with van der Waals surface area (Å²) >= 11 is 3.41. The third-order valence-electron chi connectivity index (χ3n) is 3.42. The molecule has 0 spiro atoms. The second kappa shape index (κ2) is 7.40. The van der Waals surface area contributed by atoms with Gasteiger partial charge in [0.2, 0.25) is 0 Å². The number of fused-ring (bicyclic) bond motifs is 1. The van der Waals surface area contributed by atoms with Crippen molar-refractivity contribution in [2.75, 3.05) is 20.3 Å². The summed E-state index contributed by atoms with van der Waals surface area (Å²) in [4.78, 5) is 12.1. The van der Waals surface area contributed by atoms with Crippen LogP contribution in [-0.2, 0) is 0 Å². The Morgan fingerprint density at radius 2 is 1.96 bits per heavy atom. The Morgan fingerprint density at radius 3 is 2.75 bits per heavy atom. The van der Waals surface area contributed by atoms with Crippen LogP contribution in [0.3, 0.4) is 0 Å². The van der Waals surface area contributed by atoms with Gasteiger partial charge in [0.15, 0.2) is 5.76 Å². The van der Waals surface area contributed by atoms with Gasteiger partial charge in [-0.2, -0.15) is 0 Å². The van der Waals surface area contributed by atoms with Crippen molar-refractivity contribution >= 4 is 32.8 Å². The number of rotatable bonds is 6. The Morgan fingerprint density at radius 1 is 1.17 bits per heavy atom. The highest BCUT2D eigenvalue weighted by atomic mass is 79.9. The highest BCUT2D eigenvalue weighted by molar-refractivity contribution is 9.10. The fraction of sp³-hybridized carbons (Fsp3) is 0.167. The van der Waals surface area contributed by atoms with E-state index < -0.39 is 0 Å². The van der Waals surface area contributed by atoms with Crippen LogP contribution in [0, 0.1) is 0 Å². The third-order valence-corrected chi connectivity index (χ3v) is 4.04. The summed E-state index contributed by atoms with van der Waals surface area (Å²) in [6, 6.07) is 14.7. The van der Waals surface area contributed by atoms with E-state index in [1.807, 2.05) is 36.4 Å². The monoisotopic (exact) mass is 389 g/mol. The molecule has 0 atom stereocenters. The second-order valence-corrected chi connectivity index (χ2v) is 5.91. The van der Waals surface area contributed by atoms with Crippen molar-refractivity contribution in [2.45, 2.75) is 0 Å². The first-order valence-corrected chi connectivity index (χ1v) is 8.20. The molecule has 0 bridgehead atoms. The summed E-state index contributed by atoms with van der Waals surface area (Å²) in [5, 5.41) is 3.65. The van der Waals surface area contributed by atoms with E-state index in [1.165, 1.54) is 0 Å². The van der Waals surface area contributed by atoms with Crippen molar-refractivity contribution in [3.63, 3.8) is 0 Å². The molecule has 1 heterocycles. The first-order chi connectivity index (χ1) is 11.7. The Bertz CT molecular complexity index is 859. The van der Waals surface area contributed by atoms with Gasteiger partial charge in [-0.1, -0.05) is 18.2 Å². The van der Waals surface area contributed by atoms with Crippen LogP contribution in [-0.4, -0.2) is 26.2 Å². The summed E-state index contributed by atoms with van der Waals surface area (Å²) < 4.78 is 17.1. The average molecular weight is 390 g/mol. The molecule has 3 aromatic rings. The van der Waals surface area contributed by atoms with Crippen LogP contribution in [0.25, 0.3) is 11.0 Å². The molecule has 3 rings (SSSR count). The van der Waals surface area contributed by atoms with Crippen molar-refractivity contribution in [2.24, 2.45) is 0 Å². The van der Waals surface area contributed by atoms with Gasteiger partial charge in [-0.25, -0.2) is 0 Å². The van der Waals surface area contributed by atoms with Gasteiger partial charge >= 0.3 is 0 Å². The maximum absolute atomic E-state index is 12.1. The number of nitrogens with one attached hydrogen (secondary N) is 1. The average Bonchev–Trinajstić information content (AvgIpc) is 3.04. The molecule has 0 unspecified atom stereocenters. The van der Waals surface area contributed by atoms with Crippen LogP contribution < -0.4 is 14.8 Å². The van der Waals surface area contributed by atoms with Crippen molar-refractivity contribution in [1.82, 2.24) is 5.32 Å². The SMILES string of the molecule is COc1cccc(OCCNC(=O)c2cc3cccc(Br)c3o2)c1. The van der Waals surface area contributed by atoms with E-state index >= 15 is 0 Å². The molecule has 24 heavy (non-hydrogen) atoms. The van der Waals surface area contributed by atoms with Crippen molar-refractivity contribution in [3.8, 4) is 11.5 Å². The quantitative estimate of drug-likeness (QED) is 0.646. The van der Waals surface area contributed by atoms with Crippen LogP contribution in [0.1, 0.15) is 10.6 Å². The molecule has 124 valence electrons. The van der Waals surface area contributed by atoms with Gasteiger partial charge in [-0.3, -0.25) is 4.79 Å². The highest BCUT2D eigenvalue weighted by Gasteiger charge is 2.13. The number of carbonyl (C=O) groups excluding carboxylic acids is 1. The molecule has 0 aliphatic heterocycles. The zero-order valence-corrected chi connectivity index (χ0v) is 14.6. The van der Waals surface area contributed by atoms with E-state index in [9.17, 15) is 4.79 Å². The number of amides is 1. The molecule has 5 nitrogen and oxygen atoms in total. The zero-order valence-electron chi connectivity index (χ0n) is 13.0. The summed E-state index contributed by atoms with van der Waals surface area (Å²) in [6.07, 6.45) is 0. The maximum atomic E-state index is 12.1. The lowest BCUT2D eigenvalue weighted by molar-refractivity contribution is 0.0921. The molecule has 0 saturated carbocycles. The van der Waals surface area contributed by atoms with Gasteiger partial charge in [0.25, 0.3) is 5.91 Å². The van der Waals surface area contributed by atoms with Gasteiger partial charge < -0.3 is 19.2 Å². The number of furan rings is 1. The lowest BCUT2D eigenvalue weighted by Gasteiger charge is -2.08. The first kappa shape index (κ1) is 16.4. The minimum absolute atomic E-state index is 0.271. The van der Waals surface area contributed by atoms with E-state index in [-0.39, 0.29) is 11.7 Å². The molecule has 0 aliphatic rings. The van der Waals surface area contributed by atoms with E-state index in [1.54, 1.807) is 19.2 Å². The lowest BCUT2D eigenvalue weighted by Crippen LogP contribution is -2.27. The standard InChI is InChI=1S/C18H16BrNO4/c1-22-13-5-3-6-14(11-13)23-9-8-20-18(21)16-10-12-4-2-7-15(19)17(12)24-16/h2-7,10-11H,8-9H2,1H3,(H,20,21). The summed E-state index contributed by atoms with van der Waals surface area (Å²) in [6.45, 7) is 0.719. The Hall–Kier alpha value is -2.47. The molecule has 0 aliphatic carbocycles. The number of methoxy groups -OCH3 is 1. The largest absolute Gasteiger partial charge is 0.497 e. The van der Waals surface area contributed by atoms with Crippen molar-refractivity contribution in [3.05, 3.63) is 58.8 Å². The van der Waals surface area contributed by atoms with Crippen molar-refractivity contribution < 1.29 is 18.7 Å². The van der Waals surface area contributed by atoms with E-state index in [0.29, 0.717) is 24.5 Å². The van der Waals surface area contributed by atoms with Crippen LogP contribution in [0.2, 0.25) is 0 Å². The van der Waals surface area contributed by atoms with E-state index in [2.05, 4.69) is 21.2 Å². The predicted molar refractivity (Wildman–Crippen MR) is 94.7 cm³/mol. The predicted octanol–water partition coefficient (Wildman–Crippen LogP) is 4.01. The smallest absolute Gasteiger partial charge is 0.287 e. The molecule has 1 N–H and O–H groups in total. The van der Waals surface area contributed by atoms with E-state index in [4.69, 9.17) is 13.9 Å². The molecule has 6 heteroatoms. The topological polar surface area (TPSA) is 60.7 Å². The highest BCUT2D eigenvalue weighted by Crippen LogP contribution is 2.26. The molecule has 0 saturated heterocycles. The minimum Gasteiger partial charge on any atom is -0.497 e. The van der Waals surface area contributed by atoms with Crippen LogP contribution >= 0.6 is 15.9 Å². The molecule has 1 amide bonds. The van der Waals surface area contributed by atoms with Crippen LogP contribution in [0.5, 0.6) is 11.5 Å². The number of hydrogen-bond acceptors (Lipinski definition) is 4. The normalized spacial score (nSPS) is 10.6. The number of ether oxygens (including phenoxy) is 2. The maximum Gasteiger partial charge on any atom is 0.287 e. The Labute approximate surface area is 147 Å². The molecule has 1 aromatic heterocycles. The van der Waals surface area contributed by atoms with Gasteiger partial charge in [-0.15, -0.1) is 0 Å². The summed E-state index contributed by atoms with van der Waals surface area (Å²) in [5.74, 6) is 1.42. The molecule has 0 fully saturated rings. The molecular formula is C18H16BrNO4. The minimum atomic E-state index is -0.271. The second-order valence-electron chi connectivity index (χ2n) is 5.05. The fourth-order valence-corrected chi connectivity index (χ4v) is 2.71.